The van der Waals surface area contributed by atoms with E-state index in [0.717, 1.165) is 35.5 Å². The van der Waals surface area contributed by atoms with E-state index in [1.165, 1.54) is 5.56 Å². The fraction of sp³-hybridized carbons (Fsp3) is 0.320. The number of nitriles is 1. The predicted octanol–water partition coefficient (Wildman–Crippen LogP) is 4.14. The molecule has 0 aliphatic heterocycles. The van der Waals surface area contributed by atoms with Gasteiger partial charge in [0.25, 0.3) is 0 Å². The lowest BCUT2D eigenvalue weighted by molar-refractivity contribution is -0.122. The van der Waals surface area contributed by atoms with Crippen molar-refractivity contribution >= 4 is 5.91 Å². The lowest BCUT2D eigenvalue weighted by Gasteiger charge is -2.19. The van der Waals surface area contributed by atoms with Crippen LogP contribution >= 0.6 is 0 Å². The van der Waals surface area contributed by atoms with Crippen LogP contribution in [0.2, 0.25) is 0 Å². The highest BCUT2D eigenvalue weighted by Gasteiger charge is 2.22. The Bertz CT molecular complexity index is 1000. The minimum Gasteiger partial charge on any atom is -0.348 e. The third-order valence-corrected chi connectivity index (χ3v) is 5.12. The Kier molecular flexibility index (Phi) is 7.97. The minimum atomic E-state index is -0.265. The molecule has 0 spiro atoms. The molecule has 6 nitrogen and oxygen atoms in total. The number of imidazole rings is 1. The fourth-order valence-electron chi connectivity index (χ4n) is 3.59. The maximum Gasteiger partial charge on any atom is 0.228 e. The monoisotopic (exact) mass is 415 g/mol. The summed E-state index contributed by atoms with van der Waals surface area (Å²) >= 11 is 0. The van der Waals surface area contributed by atoms with Crippen molar-refractivity contribution in [2.45, 2.75) is 39.3 Å². The maximum absolute atomic E-state index is 12.6. The van der Waals surface area contributed by atoms with Gasteiger partial charge in [-0.05, 0) is 34.6 Å². The number of H-pyrrole nitrogens is 1. The van der Waals surface area contributed by atoms with Crippen LogP contribution in [-0.4, -0.2) is 22.4 Å². The normalized spacial score (nSPS) is 11.8. The molecule has 160 valence electrons. The Morgan fingerprint density at radius 2 is 1.94 bits per heavy atom. The second-order valence-corrected chi connectivity index (χ2v) is 8.02. The van der Waals surface area contributed by atoms with Crippen LogP contribution in [-0.2, 0) is 17.9 Å². The number of hydrogen-bond acceptors (Lipinski definition) is 4. The molecule has 3 N–H and O–H groups in total. The Labute approximate surface area is 183 Å². The van der Waals surface area contributed by atoms with Gasteiger partial charge in [0.1, 0.15) is 12.4 Å². The molecule has 2 aromatic carbocycles. The first-order valence-corrected chi connectivity index (χ1v) is 10.6. The first-order chi connectivity index (χ1) is 15.1. The average molecular weight is 416 g/mol. The van der Waals surface area contributed by atoms with Gasteiger partial charge in [-0.15, -0.1) is 0 Å². The Morgan fingerprint density at radius 3 is 2.61 bits per heavy atom. The van der Waals surface area contributed by atoms with Gasteiger partial charge in [-0.3, -0.25) is 4.79 Å². The van der Waals surface area contributed by atoms with Crippen LogP contribution in [0.15, 0.2) is 60.9 Å². The molecular weight excluding hydrogens is 386 g/mol. The van der Waals surface area contributed by atoms with Gasteiger partial charge in [-0.25, -0.2) is 4.98 Å². The highest BCUT2D eigenvalue weighted by Crippen LogP contribution is 2.28. The molecule has 3 aromatic rings. The van der Waals surface area contributed by atoms with Gasteiger partial charge < -0.3 is 15.6 Å². The van der Waals surface area contributed by atoms with Crippen molar-refractivity contribution in [3.8, 4) is 17.2 Å². The zero-order valence-corrected chi connectivity index (χ0v) is 18.1. The summed E-state index contributed by atoms with van der Waals surface area (Å²) in [6.07, 6.45) is 4.30. The number of aromatic amines is 1. The molecule has 0 saturated carbocycles. The van der Waals surface area contributed by atoms with Gasteiger partial charge in [-0.2, -0.15) is 5.26 Å². The van der Waals surface area contributed by atoms with E-state index in [2.05, 4.69) is 70.8 Å². The van der Waals surface area contributed by atoms with Gasteiger partial charge in [0.05, 0.1) is 18.5 Å². The first-order valence-electron chi connectivity index (χ1n) is 10.6. The summed E-state index contributed by atoms with van der Waals surface area (Å²) in [4.78, 5) is 19.9. The van der Waals surface area contributed by atoms with E-state index >= 15 is 0 Å². The van der Waals surface area contributed by atoms with Gasteiger partial charge in [0, 0.05) is 18.9 Å². The van der Waals surface area contributed by atoms with Gasteiger partial charge in [-0.1, -0.05) is 62.4 Å². The Morgan fingerprint density at radius 1 is 1.13 bits per heavy atom. The molecule has 1 amide bonds. The van der Waals surface area contributed by atoms with Crippen LogP contribution in [0.4, 0.5) is 0 Å². The molecule has 0 unspecified atom stereocenters. The number of amides is 1. The first kappa shape index (κ1) is 22.3. The number of carbonyl (C=O) groups excluding carboxylic acids is 1. The third-order valence-electron chi connectivity index (χ3n) is 5.12. The van der Waals surface area contributed by atoms with Crippen molar-refractivity contribution in [1.82, 2.24) is 20.6 Å². The quantitative estimate of drug-likeness (QED) is 0.434. The van der Waals surface area contributed by atoms with E-state index in [-0.39, 0.29) is 18.4 Å². The molecule has 0 bridgehead atoms. The number of benzene rings is 2. The molecule has 0 radical (unpaired) electrons. The zero-order valence-electron chi connectivity index (χ0n) is 18.1. The Balaban J connectivity index is 1.70. The summed E-state index contributed by atoms with van der Waals surface area (Å²) in [6.45, 7) is 5.70. The Hall–Kier alpha value is -3.43. The lowest BCUT2D eigenvalue weighted by Crippen LogP contribution is -2.30. The average Bonchev–Trinajstić information content (AvgIpc) is 3.30. The van der Waals surface area contributed by atoms with E-state index in [4.69, 9.17) is 5.26 Å². The van der Waals surface area contributed by atoms with Crippen molar-refractivity contribution in [3.05, 3.63) is 77.9 Å². The summed E-state index contributed by atoms with van der Waals surface area (Å²) in [5.41, 5.74) is 4.36. The second-order valence-electron chi connectivity index (χ2n) is 8.02. The number of nitrogens with zero attached hydrogens (tertiary/aromatic N) is 2. The van der Waals surface area contributed by atoms with Crippen molar-refractivity contribution < 1.29 is 4.79 Å². The number of aromatic nitrogens is 2. The molecule has 0 saturated heterocycles. The van der Waals surface area contributed by atoms with Crippen molar-refractivity contribution in [2.24, 2.45) is 5.92 Å². The van der Waals surface area contributed by atoms with Gasteiger partial charge >= 0.3 is 0 Å². The van der Waals surface area contributed by atoms with Gasteiger partial charge in [0.15, 0.2) is 0 Å². The van der Waals surface area contributed by atoms with E-state index < -0.39 is 0 Å². The minimum absolute atomic E-state index is 0.0303. The number of hydrogen-bond donors (Lipinski definition) is 3. The molecule has 1 aromatic heterocycles. The van der Waals surface area contributed by atoms with Crippen LogP contribution in [0.5, 0.6) is 0 Å². The summed E-state index contributed by atoms with van der Waals surface area (Å²) in [5.74, 6) is 0.932. The van der Waals surface area contributed by atoms with Crippen LogP contribution in [0.25, 0.3) is 11.1 Å². The standard InChI is InChI=1S/C25H29N5O/c1-18(2)14-23(25(31)30-11-10-26)22-5-3-4-21(15-22)20-8-6-19(7-9-20)16-27-17-24-28-12-13-29-24/h3-9,12-13,15,18,23,27H,11,14,16-17H2,1-2H3,(H,28,29)(H,30,31)/t23-/m1/s1. The molecule has 0 aliphatic rings. The zero-order chi connectivity index (χ0) is 22.1. The van der Waals surface area contributed by atoms with E-state index in [1.807, 2.05) is 24.4 Å². The molecule has 1 heterocycles. The predicted molar refractivity (Wildman–Crippen MR) is 122 cm³/mol. The molecule has 3 rings (SSSR count). The third kappa shape index (κ3) is 6.53. The van der Waals surface area contributed by atoms with Crippen LogP contribution in [0, 0.1) is 17.2 Å². The van der Waals surface area contributed by atoms with Crippen LogP contribution < -0.4 is 10.6 Å². The fourth-order valence-corrected chi connectivity index (χ4v) is 3.59. The molecule has 0 aliphatic carbocycles. The largest absolute Gasteiger partial charge is 0.348 e. The summed E-state index contributed by atoms with van der Waals surface area (Å²) < 4.78 is 0. The highest BCUT2D eigenvalue weighted by atomic mass is 16.1. The second kappa shape index (κ2) is 11.1. The van der Waals surface area contributed by atoms with Crippen LogP contribution in [0.1, 0.15) is 43.1 Å². The molecule has 31 heavy (non-hydrogen) atoms. The smallest absolute Gasteiger partial charge is 0.228 e. The molecule has 0 fully saturated rings. The summed E-state index contributed by atoms with van der Waals surface area (Å²) in [6, 6.07) is 18.6. The lowest BCUT2D eigenvalue weighted by atomic mass is 9.88. The summed E-state index contributed by atoms with van der Waals surface area (Å²) in [5, 5.41) is 14.9. The van der Waals surface area contributed by atoms with E-state index in [1.54, 1.807) is 6.20 Å². The van der Waals surface area contributed by atoms with Crippen molar-refractivity contribution in [3.63, 3.8) is 0 Å². The maximum atomic E-state index is 12.6. The van der Waals surface area contributed by atoms with E-state index in [9.17, 15) is 4.79 Å². The number of carbonyl (C=O) groups is 1. The summed E-state index contributed by atoms with van der Waals surface area (Å²) in [7, 11) is 0. The highest BCUT2D eigenvalue weighted by molar-refractivity contribution is 5.84. The molecule has 6 heteroatoms. The van der Waals surface area contributed by atoms with Gasteiger partial charge in [0.2, 0.25) is 5.91 Å². The van der Waals surface area contributed by atoms with Crippen molar-refractivity contribution in [2.75, 3.05) is 6.54 Å². The molecular formula is C25H29N5O. The van der Waals surface area contributed by atoms with Crippen LogP contribution in [0.3, 0.4) is 0 Å². The number of nitrogens with one attached hydrogen (secondary N) is 3. The number of rotatable bonds is 10. The molecule has 1 atom stereocenters. The SMILES string of the molecule is CC(C)C[C@@H](C(=O)NCC#N)c1cccc(-c2ccc(CNCc3ncc[nH]3)cc2)c1. The van der Waals surface area contributed by atoms with Crippen molar-refractivity contribution in [1.29, 1.82) is 5.26 Å². The topological polar surface area (TPSA) is 93.6 Å². The van der Waals surface area contributed by atoms with E-state index in [0.29, 0.717) is 12.5 Å².